The molecule has 2 heterocycles. The number of halogens is 1. The number of anilines is 1. The quantitative estimate of drug-likeness (QED) is 0.750. The smallest absolute Gasteiger partial charge is 0.270 e. The molecule has 0 radical (unpaired) electrons. The number of aromatic nitrogens is 1. The number of fused-ring (bicyclic) bond motifs is 1. The van der Waals surface area contributed by atoms with E-state index in [1.807, 2.05) is 21.9 Å². The number of benzene rings is 1. The summed E-state index contributed by atoms with van der Waals surface area (Å²) in [6.45, 7) is 9.16. The van der Waals surface area contributed by atoms with Crippen molar-refractivity contribution in [3.8, 4) is 0 Å². The Kier molecular flexibility index (Phi) is 5.25. The van der Waals surface area contributed by atoms with E-state index in [4.69, 9.17) is 0 Å². The molecule has 148 valence electrons. The third kappa shape index (κ3) is 3.23. The Hall–Kier alpha value is -2.56. The highest BCUT2D eigenvalue weighted by Crippen LogP contribution is 2.31. The fraction of sp³-hybridized carbons (Fsp3) is 0.435. The highest BCUT2D eigenvalue weighted by atomic mass is 19.1. The number of piperazine rings is 1. The summed E-state index contributed by atoms with van der Waals surface area (Å²) in [6, 6.07) is 6.85. The molecule has 0 spiro atoms. The molecule has 4 rings (SSSR count). The van der Waals surface area contributed by atoms with Crippen molar-refractivity contribution in [3.63, 3.8) is 0 Å². The predicted molar refractivity (Wildman–Crippen MR) is 111 cm³/mol. The SMILES string of the molecule is C=CCn1c2c(c(C)c1C(=O)N1CCN(c3ccccc3F)CC1)CCCC2. The second-order valence-electron chi connectivity index (χ2n) is 7.74. The van der Waals surface area contributed by atoms with E-state index < -0.39 is 0 Å². The number of allylic oxidation sites excluding steroid dienone is 1. The Morgan fingerprint density at radius 3 is 2.57 bits per heavy atom. The molecule has 0 saturated carbocycles. The minimum absolute atomic E-state index is 0.0990. The van der Waals surface area contributed by atoms with Crippen LogP contribution in [0.15, 0.2) is 36.9 Å². The average Bonchev–Trinajstić information content (AvgIpc) is 3.00. The van der Waals surface area contributed by atoms with Crippen LogP contribution in [0.3, 0.4) is 0 Å². The van der Waals surface area contributed by atoms with Crippen LogP contribution in [0.5, 0.6) is 0 Å². The molecule has 0 unspecified atom stereocenters. The molecule has 1 aliphatic heterocycles. The van der Waals surface area contributed by atoms with Crippen LogP contribution in [0.2, 0.25) is 0 Å². The van der Waals surface area contributed by atoms with Gasteiger partial charge in [-0.25, -0.2) is 4.39 Å². The van der Waals surface area contributed by atoms with Gasteiger partial charge in [0.05, 0.1) is 5.69 Å². The van der Waals surface area contributed by atoms with E-state index in [-0.39, 0.29) is 11.7 Å². The predicted octanol–water partition coefficient (Wildman–Crippen LogP) is 3.96. The van der Waals surface area contributed by atoms with Crippen molar-refractivity contribution in [1.82, 2.24) is 9.47 Å². The Bertz CT molecular complexity index is 893. The molecule has 28 heavy (non-hydrogen) atoms. The second kappa shape index (κ2) is 7.82. The van der Waals surface area contributed by atoms with Crippen LogP contribution in [0.4, 0.5) is 10.1 Å². The molecule has 0 N–H and O–H groups in total. The molecule has 5 heteroatoms. The Morgan fingerprint density at radius 2 is 1.86 bits per heavy atom. The van der Waals surface area contributed by atoms with E-state index in [0.29, 0.717) is 38.4 Å². The first-order chi connectivity index (χ1) is 13.6. The van der Waals surface area contributed by atoms with Gasteiger partial charge < -0.3 is 14.4 Å². The topological polar surface area (TPSA) is 28.5 Å². The summed E-state index contributed by atoms with van der Waals surface area (Å²) in [4.78, 5) is 17.4. The molecule has 0 bridgehead atoms. The highest BCUT2D eigenvalue weighted by molar-refractivity contribution is 5.95. The van der Waals surface area contributed by atoms with E-state index in [9.17, 15) is 9.18 Å². The average molecular weight is 381 g/mol. The van der Waals surface area contributed by atoms with Crippen molar-refractivity contribution >= 4 is 11.6 Å². The summed E-state index contributed by atoms with van der Waals surface area (Å²) in [7, 11) is 0. The fourth-order valence-electron chi connectivity index (χ4n) is 4.69. The molecule has 1 aliphatic carbocycles. The van der Waals surface area contributed by atoms with Gasteiger partial charge in [0.25, 0.3) is 5.91 Å². The van der Waals surface area contributed by atoms with Crippen molar-refractivity contribution in [3.05, 3.63) is 65.3 Å². The molecule has 2 aromatic rings. The van der Waals surface area contributed by atoms with Crippen molar-refractivity contribution < 1.29 is 9.18 Å². The van der Waals surface area contributed by atoms with Crippen LogP contribution < -0.4 is 4.90 Å². The molecular weight excluding hydrogens is 353 g/mol. The minimum atomic E-state index is -0.203. The number of amides is 1. The number of nitrogens with zero attached hydrogens (tertiary/aromatic N) is 3. The van der Waals surface area contributed by atoms with Gasteiger partial charge in [-0.2, -0.15) is 0 Å². The number of hydrogen-bond donors (Lipinski definition) is 0. The minimum Gasteiger partial charge on any atom is -0.366 e. The Labute approximate surface area is 166 Å². The standard InChI is InChI=1S/C23H28FN3O/c1-3-12-27-20-10-6-4-8-18(20)17(2)22(27)23(28)26-15-13-25(14-16-26)21-11-7-5-9-19(21)24/h3,5,7,9,11H,1,4,6,8,10,12-16H2,2H3. The van der Waals surface area contributed by atoms with Gasteiger partial charge in [-0.05, 0) is 55.9 Å². The highest BCUT2D eigenvalue weighted by Gasteiger charge is 2.30. The van der Waals surface area contributed by atoms with Crippen LogP contribution in [-0.2, 0) is 19.4 Å². The summed E-state index contributed by atoms with van der Waals surface area (Å²) in [5.41, 5.74) is 5.26. The molecule has 2 aliphatic rings. The normalized spacial score (nSPS) is 16.8. The number of rotatable bonds is 4. The van der Waals surface area contributed by atoms with Crippen molar-refractivity contribution in [2.24, 2.45) is 0 Å². The lowest BCUT2D eigenvalue weighted by molar-refractivity contribution is 0.0735. The van der Waals surface area contributed by atoms with E-state index in [2.05, 4.69) is 18.1 Å². The third-order valence-corrected chi connectivity index (χ3v) is 6.12. The molecule has 1 aromatic carbocycles. The van der Waals surface area contributed by atoms with Gasteiger partial charge in [-0.15, -0.1) is 6.58 Å². The summed E-state index contributed by atoms with van der Waals surface area (Å²) in [5.74, 6) is -0.104. The zero-order valence-electron chi connectivity index (χ0n) is 16.6. The van der Waals surface area contributed by atoms with E-state index in [0.717, 1.165) is 24.1 Å². The van der Waals surface area contributed by atoms with Gasteiger partial charge in [-0.3, -0.25) is 4.79 Å². The van der Waals surface area contributed by atoms with Crippen LogP contribution in [0.25, 0.3) is 0 Å². The number of hydrogen-bond acceptors (Lipinski definition) is 2. The van der Waals surface area contributed by atoms with Crippen molar-refractivity contribution in [2.45, 2.75) is 39.2 Å². The Morgan fingerprint density at radius 1 is 1.14 bits per heavy atom. The first kappa shape index (κ1) is 18.8. The van der Waals surface area contributed by atoms with Gasteiger partial charge in [0, 0.05) is 38.4 Å². The second-order valence-corrected chi connectivity index (χ2v) is 7.74. The lowest BCUT2D eigenvalue weighted by Crippen LogP contribution is -2.49. The number of carbonyl (C=O) groups excluding carboxylic acids is 1. The van der Waals surface area contributed by atoms with E-state index >= 15 is 0 Å². The third-order valence-electron chi connectivity index (χ3n) is 6.12. The molecule has 0 atom stereocenters. The molecule has 1 saturated heterocycles. The first-order valence-electron chi connectivity index (χ1n) is 10.2. The zero-order valence-corrected chi connectivity index (χ0v) is 16.6. The fourth-order valence-corrected chi connectivity index (χ4v) is 4.69. The summed E-state index contributed by atoms with van der Waals surface area (Å²) in [6.07, 6.45) is 6.36. The van der Waals surface area contributed by atoms with Gasteiger partial charge in [0.1, 0.15) is 11.5 Å². The monoisotopic (exact) mass is 381 g/mol. The summed E-state index contributed by atoms with van der Waals surface area (Å²) < 4.78 is 16.3. The van der Waals surface area contributed by atoms with Crippen LogP contribution in [0, 0.1) is 12.7 Å². The maximum absolute atomic E-state index is 14.1. The van der Waals surface area contributed by atoms with Gasteiger partial charge in [-0.1, -0.05) is 18.2 Å². The van der Waals surface area contributed by atoms with Gasteiger partial charge in [0.15, 0.2) is 0 Å². The van der Waals surface area contributed by atoms with Crippen molar-refractivity contribution in [1.29, 1.82) is 0 Å². The zero-order chi connectivity index (χ0) is 19.7. The van der Waals surface area contributed by atoms with E-state index in [1.54, 1.807) is 12.1 Å². The van der Waals surface area contributed by atoms with Crippen molar-refractivity contribution in [2.75, 3.05) is 31.1 Å². The maximum atomic E-state index is 14.1. The van der Waals surface area contributed by atoms with Gasteiger partial charge >= 0.3 is 0 Å². The molecule has 4 nitrogen and oxygen atoms in total. The van der Waals surface area contributed by atoms with E-state index in [1.165, 1.54) is 30.2 Å². The number of carbonyl (C=O) groups is 1. The molecule has 1 aromatic heterocycles. The Balaban J connectivity index is 1.55. The van der Waals surface area contributed by atoms with Crippen LogP contribution in [0.1, 0.15) is 40.2 Å². The maximum Gasteiger partial charge on any atom is 0.270 e. The number of para-hydroxylation sites is 1. The summed E-state index contributed by atoms with van der Waals surface area (Å²) >= 11 is 0. The molecular formula is C23H28FN3O. The van der Waals surface area contributed by atoms with Crippen LogP contribution in [-0.4, -0.2) is 41.6 Å². The lowest BCUT2D eigenvalue weighted by atomic mass is 9.95. The summed E-state index contributed by atoms with van der Waals surface area (Å²) in [5, 5.41) is 0. The molecule has 1 fully saturated rings. The van der Waals surface area contributed by atoms with Crippen LogP contribution >= 0.6 is 0 Å². The molecule has 1 amide bonds. The largest absolute Gasteiger partial charge is 0.366 e. The lowest BCUT2D eigenvalue weighted by Gasteiger charge is -2.36. The van der Waals surface area contributed by atoms with Gasteiger partial charge in [0.2, 0.25) is 0 Å². The first-order valence-corrected chi connectivity index (χ1v) is 10.2.